The van der Waals surface area contributed by atoms with Crippen molar-refractivity contribution >= 4 is 26.8 Å². The third-order valence-corrected chi connectivity index (χ3v) is 8.19. The zero-order chi connectivity index (χ0) is 26.2. The van der Waals surface area contributed by atoms with Crippen molar-refractivity contribution in [2.24, 2.45) is 0 Å². The van der Waals surface area contributed by atoms with Crippen molar-refractivity contribution in [2.75, 3.05) is 0 Å². The largest absolute Gasteiger partial charge is 0.374 e. The molecule has 0 fully saturated rings. The van der Waals surface area contributed by atoms with Crippen LogP contribution in [-0.4, -0.2) is 35.5 Å². The second kappa shape index (κ2) is 16.7. The second-order valence-corrected chi connectivity index (χ2v) is 11.6. The molecule has 0 aliphatic carbocycles. The van der Waals surface area contributed by atoms with Crippen molar-refractivity contribution in [1.29, 1.82) is 0 Å². The zero-order valence-electron chi connectivity index (χ0n) is 21.8. The van der Waals surface area contributed by atoms with Gasteiger partial charge < -0.3 is 10.4 Å². The lowest BCUT2D eigenvalue weighted by Gasteiger charge is -2.17. The van der Waals surface area contributed by atoms with Crippen molar-refractivity contribution in [1.82, 2.24) is 5.32 Å². The number of aliphatic hydroxyl groups is 1. The Kier molecular flexibility index (Phi) is 14.1. The average molecular weight is 520 g/mol. The number of carbonyl (C=O) groups excluding carboxylic acids is 1. The van der Waals surface area contributed by atoms with E-state index in [1.54, 1.807) is 12.1 Å². The molecule has 7 heteroatoms. The topological polar surface area (TPSA) is 104 Å². The summed E-state index contributed by atoms with van der Waals surface area (Å²) >= 11 is 0. The zero-order valence-corrected chi connectivity index (χ0v) is 22.6. The minimum absolute atomic E-state index is 0.0576. The Labute approximate surface area is 217 Å². The average Bonchev–Trinajstić information content (AvgIpc) is 2.85. The van der Waals surface area contributed by atoms with Gasteiger partial charge in [-0.2, -0.15) is 8.42 Å². The van der Waals surface area contributed by atoms with Crippen LogP contribution in [0.1, 0.15) is 114 Å². The molecule has 3 N–H and O–H groups in total. The van der Waals surface area contributed by atoms with Crippen molar-refractivity contribution in [2.45, 2.75) is 115 Å². The number of amides is 1. The summed E-state index contributed by atoms with van der Waals surface area (Å²) in [5.41, 5.74) is 0.426. The molecule has 0 saturated heterocycles. The molecule has 2 aromatic rings. The molecule has 0 bridgehead atoms. The maximum Gasteiger partial charge on any atom is 0.267 e. The first-order chi connectivity index (χ1) is 17.3. The number of hydrogen-bond acceptors (Lipinski definition) is 4. The van der Waals surface area contributed by atoms with Crippen LogP contribution in [0.3, 0.4) is 0 Å². The number of hydrogen-bond donors (Lipinski definition) is 3. The highest BCUT2D eigenvalue weighted by molar-refractivity contribution is 7.86. The summed E-state index contributed by atoms with van der Waals surface area (Å²) in [6.45, 7) is 2.23. The third-order valence-electron chi connectivity index (χ3n) is 6.87. The molecule has 0 spiro atoms. The van der Waals surface area contributed by atoms with E-state index >= 15 is 0 Å². The van der Waals surface area contributed by atoms with E-state index in [0.29, 0.717) is 12.0 Å². The van der Waals surface area contributed by atoms with Crippen LogP contribution in [-0.2, 0) is 10.1 Å². The predicted molar refractivity (Wildman–Crippen MR) is 148 cm³/mol. The van der Waals surface area contributed by atoms with E-state index in [0.717, 1.165) is 36.5 Å². The Hall–Kier alpha value is -1.96. The Morgan fingerprint density at radius 3 is 1.92 bits per heavy atom. The summed E-state index contributed by atoms with van der Waals surface area (Å²) < 4.78 is 33.3. The van der Waals surface area contributed by atoms with Gasteiger partial charge in [0.15, 0.2) is 0 Å². The molecule has 0 aromatic heterocycles. The van der Waals surface area contributed by atoms with Gasteiger partial charge in [0.05, 0.1) is 5.25 Å². The van der Waals surface area contributed by atoms with E-state index in [4.69, 9.17) is 0 Å². The molecular formula is C29H45NO5S. The third kappa shape index (κ3) is 11.8. The SMILES string of the molecule is CCCCCCCCCCCCCCC(CCC(O)NC(=O)c1ccc2ccccc2c1)S(=O)(=O)O. The summed E-state index contributed by atoms with van der Waals surface area (Å²) in [6, 6.07) is 13.0. The summed E-state index contributed by atoms with van der Waals surface area (Å²) in [5.74, 6) is -0.419. The normalized spacial score (nSPS) is 13.5. The lowest BCUT2D eigenvalue weighted by Crippen LogP contribution is -2.35. The minimum atomic E-state index is -4.20. The monoisotopic (exact) mass is 519 g/mol. The standard InChI is InChI=1S/C29H45NO5S/c1-2-3-4-5-6-7-8-9-10-11-12-13-18-27(36(33,34)35)21-22-28(31)30-29(32)26-20-19-24-16-14-15-17-25(24)23-26/h14-17,19-20,23,27-28,31H,2-13,18,21-22H2,1H3,(H,30,32)(H,33,34,35). The number of nitrogens with one attached hydrogen (secondary N) is 1. The van der Waals surface area contributed by atoms with Gasteiger partial charge >= 0.3 is 0 Å². The van der Waals surface area contributed by atoms with Crippen molar-refractivity contribution in [3.05, 3.63) is 48.0 Å². The first-order valence-electron chi connectivity index (χ1n) is 13.7. The Morgan fingerprint density at radius 1 is 0.778 bits per heavy atom. The van der Waals surface area contributed by atoms with Crippen LogP contribution in [0.2, 0.25) is 0 Å². The van der Waals surface area contributed by atoms with Crippen LogP contribution in [0, 0.1) is 0 Å². The van der Waals surface area contributed by atoms with Crippen molar-refractivity contribution < 1.29 is 22.9 Å². The van der Waals surface area contributed by atoms with Gasteiger partial charge in [0.2, 0.25) is 0 Å². The number of fused-ring (bicyclic) bond motifs is 1. The van der Waals surface area contributed by atoms with E-state index in [9.17, 15) is 22.9 Å². The molecule has 0 aliphatic heterocycles. The molecule has 36 heavy (non-hydrogen) atoms. The molecule has 0 saturated carbocycles. The number of aliphatic hydroxyl groups excluding tert-OH is 1. The smallest absolute Gasteiger partial charge is 0.267 e. The fraction of sp³-hybridized carbons (Fsp3) is 0.621. The van der Waals surface area contributed by atoms with Gasteiger partial charge in [0, 0.05) is 5.56 Å². The van der Waals surface area contributed by atoms with Crippen LogP contribution in [0.15, 0.2) is 42.5 Å². The van der Waals surface area contributed by atoms with Gasteiger partial charge in [-0.05, 0) is 42.2 Å². The Bertz CT molecular complexity index is 1010. The summed E-state index contributed by atoms with van der Waals surface area (Å²) in [5, 5.41) is 13.8. The summed E-state index contributed by atoms with van der Waals surface area (Å²) in [6.07, 6.45) is 13.6. The van der Waals surface area contributed by atoms with Gasteiger partial charge in [-0.1, -0.05) is 114 Å². The molecule has 6 nitrogen and oxygen atoms in total. The molecule has 2 unspecified atom stereocenters. The van der Waals surface area contributed by atoms with Gasteiger partial charge in [0.1, 0.15) is 6.23 Å². The molecular weight excluding hydrogens is 474 g/mol. The first-order valence-corrected chi connectivity index (χ1v) is 15.3. The molecule has 2 atom stereocenters. The van der Waals surface area contributed by atoms with Crippen LogP contribution >= 0.6 is 0 Å². The van der Waals surface area contributed by atoms with Crippen molar-refractivity contribution in [3.63, 3.8) is 0 Å². The van der Waals surface area contributed by atoms with E-state index in [1.807, 2.05) is 30.3 Å². The molecule has 1 amide bonds. The Morgan fingerprint density at radius 2 is 1.33 bits per heavy atom. The number of rotatable bonds is 19. The van der Waals surface area contributed by atoms with E-state index in [-0.39, 0.29) is 12.8 Å². The van der Waals surface area contributed by atoms with Crippen LogP contribution in [0.25, 0.3) is 10.8 Å². The fourth-order valence-corrected chi connectivity index (χ4v) is 5.53. The van der Waals surface area contributed by atoms with E-state index < -0.39 is 27.5 Å². The van der Waals surface area contributed by atoms with Crippen LogP contribution in [0.4, 0.5) is 0 Å². The maximum absolute atomic E-state index is 12.5. The molecule has 2 rings (SSSR count). The number of unbranched alkanes of at least 4 members (excludes halogenated alkanes) is 11. The van der Waals surface area contributed by atoms with Crippen LogP contribution in [0.5, 0.6) is 0 Å². The van der Waals surface area contributed by atoms with Gasteiger partial charge in [0.25, 0.3) is 16.0 Å². The van der Waals surface area contributed by atoms with Gasteiger partial charge in [-0.25, -0.2) is 0 Å². The molecule has 0 heterocycles. The highest BCUT2D eigenvalue weighted by atomic mass is 32.2. The maximum atomic E-state index is 12.5. The van der Waals surface area contributed by atoms with E-state index in [1.165, 1.54) is 51.4 Å². The molecule has 2 aromatic carbocycles. The fourth-order valence-electron chi connectivity index (χ4n) is 4.64. The molecule has 0 aliphatic rings. The molecule has 0 radical (unpaired) electrons. The number of benzene rings is 2. The summed E-state index contributed by atoms with van der Waals surface area (Å²) in [4.78, 5) is 12.5. The van der Waals surface area contributed by atoms with Gasteiger partial charge in [-0.15, -0.1) is 0 Å². The van der Waals surface area contributed by atoms with Gasteiger partial charge in [-0.3, -0.25) is 9.35 Å². The Balaban J connectivity index is 1.64. The lowest BCUT2D eigenvalue weighted by molar-refractivity contribution is 0.0758. The highest BCUT2D eigenvalue weighted by Gasteiger charge is 2.24. The second-order valence-electron chi connectivity index (χ2n) is 9.94. The van der Waals surface area contributed by atoms with E-state index in [2.05, 4.69) is 12.2 Å². The number of carbonyl (C=O) groups is 1. The first kappa shape index (κ1) is 30.3. The highest BCUT2D eigenvalue weighted by Crippen LogP contribution is 2.19. The predicted octanol–water partition coefficient (Wildman–Crippen LogP) is 7.02. The van der Waals surface area contributed by atoms with Crippen LogP contribution < -0.4 is 5.32 Å². The molecule has 202 valence electrons. The van der Waals surface area contributed by atoms with Crippen molar-refractivity contribution in [3.8, 4) is 0 Å². The quantitative estimate of drug-likeness (QED) is 0.105. The summed E-state index contributed by atoms with van der Waals surface area (Å²) in [7, 11) is -4.20. The lowest BCUT2D eigenvalue weighted by atomic mass is 10.0. The minimum Gasteiger partial charge on any atom is -0.374 e.